The van der Waals surface area contributed by atoms with Crippen LogP contribution >= 0.6 is 34.3 Å². The number of thiazole rings is 1. The number of pyridine rings is 2. The van der Waals surface area contributed by atoms with Gasteiger partial charge < -0.3 is 15.0 Å². The predicted octanol–water partition coefficient (Wildman–Crippen LogP) is 6.19. The highest BCUT2D eigenvalue weighted by Gasteiger charge is 2.21. The minimum atomic E-state index is -1.09. The Morgan fingerprint density at radius 1 is 1.02 bits per heavy atom. The fourth-order valence-corrected chi connectivity index (χ4v) is 6.26. The quantitative estimate of drug-likeness (QED) is 0.181. The van der Waals surface area contributed by atoms with E-state index in [0.29, 0.717) is 52.2 Å². The van der Waals surface area contributed by atoms with Crippen LogP contribution in [0.2, 0.25) is 4.34 Å². The number of nitrogens with one attached hydrogen (secondary N) is 1. The van der Waals surface area contributed by atoms with Crippen molar-refractivity contribution in [1.82, 2.24) is 24.3 Å². The van der Waals surface area contributed by atoms with Gasteiger partial charge in [-0.1, -0.05) is 17.7 Å². The molecular formula is C31H23ClN6O4S2. The number of hydrogen-bond acceptors (Lipinski definition) is 9. The normalized spacial score (nSPS) is 11.0. The molecule has 6 aromatic rings. The van der Waals surface area contributed by atoms with Gasteiger partial charge in [0.05, 0.1) is 33.3 Å². The maximum Gasteiger partial charge on any atom is 0.335 e. The van der Waals surface area contributed by atoms with Gasteiger partial charge in [0.25, 0.3) is 11.5 Å². The van der Waals surface area contributed by atoms with Gasteiger partial charge in [-0.05, 0) is 54.6 Å². The zero-order chi connectivity index (χ0) is 30.6. The lowest BCUT2D eigenvalue weighted by molar-refractivity contribution is 0.0696. The zero-order valence-corrected chi connectivity index (χ0v) is 25.3. The van der Waals surface area contributed by atoms with Crippen molar-refractivity contribution in [3.63, 3.8) is 0 Å². The number of carboxylic acid groups (broad SMARTS) is 1. The Labute approximate surface area is 263 Å². The summed E-state index contributed by atoms with van der Waals surface area (Å²) >= 11 is 9.01. The second-order valence-electron chi connectivity index (χ2n) is 9.63. The first-order valence-electron chi connectivity index (χ1n) is 13.4. The van der Waals surface area contributed by atoms with Gasteiger partial charge in [0.1, 0.15) is 11.5 Å². The average molecular weight is 643 g/mol. The minimum absolute atomic E-state index is 0.0634. The number of carboxylic acids is 1. The van der Waals surface area contributed by atoms with Crippen molar-refractivity contribution in [2.45, 2.75) is 19.5 Å². The van der Waals surface area contributed by atoms with Crippen molar-refractivity contribution in [3.05, 3.63) is 126 Å². The number of nitrogens with zero attached hydrogens (tertiary/aromatic N) is 5. The molecule has 0 saturated carbocycles. The number of hydrogen-bond donors (Lipinski definition) is 2. The number of halogens is 1. The second-order valence-corrected chi connectivity index (χ2v) is 12.2. The highest BCUT2D eigenvalue weighted by molar-refractivity contribution is 7.16. The van der Waals surface area contributed by atoms with Gasteiger partial charge in [0, 0.05) is 58.4 Å². The first-order chi connectivity index (χ1) is 21.4. The van der Waals surface area contributed by atoms with Gasteiger partial charge in [-0.25, -0.2) is 9.78 Å². The number of anilines is 1. The fourth-order valence-electron chi connectivity index (χ4n) is 4.64. The van der Waals surface area contributed by atoms with Crippen LogP contribution < -0.4 is 10.9 Å². The summed E-state index contributed by atoms with van der Waals surface area (Å²) in [5, 5.41) is 19.1. The van der Waals surface area contributed by atoms with Crippen molar-refractivity contribution >= 4 is 52.0 Å². The highest BCUT2D eigenvalue weighted by atomic mass is 35.5. The molecule has 0 bridgehead atoms. The zero-order valence-electron chi connectivity index (χ0n) is 22.9. The molecule has 0 fully saturated rings. The number of aromatic carboxylic acids is 1. The van der Waals surface area contributed by atoms with Gasteiger partial charge in [-0.3, -0.25) is 14.6 Å². The maximum absolute atomic E-state index is 13.9. The topological polar surface area (TPSA) is 132 Å². The highest BCUT2D eigenvalue weighted by Crippen LogP contribution is 2.27. The Morgan fingerprint density at radius 3 is 2.52 bits per heavy atom. The minimum Gasteiger partial charge on any atom is -0.478 e. The second kappa shape index (κ2) is 12.8. The standard InChI is InChI=1S/C31H23ClN6O4S2/c32-27-10-7-23(44-27)16-34-28-14-25(36-38(28)29(39)19-3-5-20(6-4-19)31(41)42)26-9-8-24(21-2-1-12-33-15-21)30(40)37(26)13-11-22-17-43-18-35-22/h1-10,12,14-15,17-18,34H,11,13,16H2,(H,41,42). The van der Waals surface area contributed by atoms with Crippen LogP contribution in [0, 0.1) is 0 Å². The van der Waals surface area contributed by atoms with Gasteiger partial charge in [0.2, 0.25) is 0 Å². The summed E-state index contributed by atoms with van der Waals surface area (Å²) in [6, 6.07) is 18.2. The molecule has 0 aliphatic rings. The number of carbonyl (C=O) groups is 2. The molecule has 6 rings (SSSR count). The Kier molecular flexibility index (Phi) is 8.46. The molecule has 0 radical (unpaired) electrons. The first kappa shape index (κ1) is 29.2. The van der Waals surface area contributed by atoms with E-state index in [-0.39, 0.29) is 16.7 Å². The van der Waals surface area contributed by atoms with E-state index in [1.54, 1.807) is 46.7 Å². The molecule has 0 atom stereocenters. The molecule has 0 unspecified atom stereocenters. The largest absolute Gasteiger partial charge is 0.478 e. The van der Waals surface area contributed by atoms with Gasteiger partial charge in [-0.2, -0.15) is 9.78 Å². The van der Waals surface area contributed by atoms with Gasteiger partial charge >= 0.3 is 5.97 Å². The summed E-state index contributed by atoms with van der Waals surface area (Å²) in [7, 11) is 0. The van der Waals surface area contributed by atoms with Crippen LogP contribution in [0.25, 0.3) is 22.5 Å². The van der Waals surface area contributed by atoms with Crippen LogP contribution in [0.5, 0.6) is 0 Å². The fraction of sp³-hybridized carbons (Fsp3) is 0.0968. The van der Waals surface area contributed by atoms with Crippen LogP contribution in [-0.4, -0.2) is 41.3 Å². The summed E-state index contributed by atoms with van der Waals surface area (Å²) in [4.78, 5) is 48.4. The van der Waals surface area contributed by atoms with Crippen LogP contribution in [0.15, 0.2) is 94.8 Å². The van der Waals surface area contributed by atoms with Crippen molar-refractivity contribution in [2.75, 3.05) is 5.32 Å². The third kappa shape index (κ3) is 6.23. The van der Waals surface area contributed by atoms with E-state index in [1.165, 1.54) is 51.6 Å². The molecule has 0 aliphatic carbocycles. The van der Waals surface area contributed by atoms with E-state index in [1.807, 2.05) is 23.6 Å². The average Bonchev–Trinajstić information content (AvgIpc) is 3.81. The van der Waals surface area contributed by atoms with Gasteiger partial charge in [0.15, 0.2) is 0 Å². The molecule has 5 heterocycles. The molecule has 44 heavy (non-hydrogen) atoms. The Morgan fingerprint density at radius 2 is 1.84 bits per heavy atom. The number of rotatable bonds is 10. The van der Waals surface area contributed by atoms with Crippen molar-refractivity contribution in [1.29, 1.82) is 0 Å². The Bertz CT molecular complexity index is 2000. The molecule has 0 saturated heterocycles. The molecule has 0 aliphatic heterocycles. The van der Waals surface area contributed by atoms with Gasteiger partial charge in [-0.15, -0.1) is 22.7 Å². The van der Waals surface area contributed by atoms with Crippen molar-refractivity contribution in [3.8, 4) is 22.5 Å². The molecule has 2 N–H and O–H groups in total. The summed E-state index contributed by atoms with van der Waals surface area (Å²) < 4.78 is 3.51. The van der Waals surface area contributed by atoms with Crippen molar-refractivity contribution in [2.24, 2.45) is 0 Å². The molecular weight excluding hydrogens is 620 g/mol. The van der Waals surface area contributed by atoms with E-state index < -0.39 is 11.9 Å². The molecule has 1 aromatic carbocycles. The molecule has 10 nitrogen and oxygen atoms in total. The molecule has 220 valence electrons. The smallest absolute Gasteiger partial charge is 0.335 e. The monoisotopic (exact) mass is 642 g/mol. The molecule has 0 spiro atoms. The SMILES string of the molecule is O=C(O)c1ccc(C(=O)n2nc(-c3ccc(-c4cccnc4)c(=O)n3CCc3cscn3)cc2NCc2ccc(Cl)s2)cc1. The summed E-state index contributed by atoms with van der Waals surface area (Å²) in [5.74, 6) is -1.16. The summed E-state index contributed by atoms with van der Waals surface area (Å²) in [6.45, 7) is 0.713. The van der Waals surface area contributed by atoms with Crippen LogP contribution in [-0.2, 0) is 19.5 Å². The Hall–Kier alpha value is -4.91. The third-order valence-corrected chi connectivity index (χ3v) is 8.70. The third-order valence-electron chi connectivity index (χ3n) is 6.84. The Balaban J connectivity index is 1.43. The molecule has 13 heteroatoms. The van der Waals surface area contributed by atoms with E-state index in [2.05, 4.69) is 20.4 Å². The van der Waals surface area contributed by atoms with E-state index in [9.17, 15) is 19.5 Å². The van der Waals surface area contributed by atoms with Crippen LogP contribution in [0.4, 0.5) is 5.82 Å². The lowest BCUT2D eigenvalue weighted by Crippen LogP contribution is -2.24. The first-order valence-corrected chi connectivity index (χ1v) is 15.5. The maximum atomic E-state index is 13.9. The molecule has 5 aromatic heterocycles. The van der Waals surface area contributed by atoms with E-state index in [4.69, 9.17) is 11.6 Å². The summed E-state index contributed by atoms with van der Waals surface area (Å²) in [5.41, 5.74) is 4.80. The lowest BCUT2D eigenvalue weighted by atomic mass is 10.1. The number of benzene rings is 1. The molecule has 0 amide bonds. The lowest BCUT2D eigenvalue weighted by Gasteiger charge is -2.13. The van der Waals surface area contributed by atoms with Crippen LogP contribution in [0.3, 0.4) is 0 Å². The van der Waals surface area contributed by atoms with Crippen molar-refractivity contribution < 1.29 is 14.7 Å². The van der Waals surface area contributed by atoms with E-state index in [0.717, 1.165) is 10.6 Å². The van der Waals surface area contributed by atoms with Crippen LogP contribution in [0.1, 0.15) is 31.3 Å². The number of aromatic nitrogens is 5. The number of carbonyl (C=O) groups excluding carboxylic acids is 1. The number of aryl methyl sites for hydroxylation is 1. The van der Waals surface area contributed by atoms with E-state index >= 15 is 0 Å². The predicted molar refractivity (Wildman–Crippen MR) is 171 cm³/mol. The number of thiophene rings is 1. The summed E-state index contributed by atoms with van der Waals surface area (Å²) in [6.07, 6.45) is 3.81.